The standard InChI is InChI=1S/C12H14N2OS/c1-13-14-12(15)7-6-9-8-16-11-5-3-2-4-10(9)11/h2-5,8,13H,6-7H2,1H3,(H,14,15). The summed E-state index contributed by atoms with van der Waals surface area (Å²) in [5.41, 5.74) is 6.46. The molecule has 0 atom stereocenters. The summed E-state index contributed by atoms with van der Waals surface area (Å²) >= 11 is 1.73. The quantitative estimate of drug-likeness (QED) is 0.795. The lowest BCUT2D eigenvalue weighted by atomic mass is 10.1. The number of thiophene rings is 1. The summed E-state index contributed by atoms with van der Waals surface area (Å²) in [4.78, 5) is 11.3. The minimum absolute atomic E-state index is 0.0257. The SMILES string of the molecule is CNNC(=O)CCc1csc2ccccc12. The second-order valence-electron chi connectivity index (χ2n) is 3.56. The van der Waals surface area contributed by atoms with Crippen LogP contribution in [0.2, 0.25) is 0 Å². The summed E-state index contributed by atoms with van der Waals surface area (Å²) in [7, 11) is 1.69. The molecule has 1 aromatic carbocycles. The fraction of sp³-hybridized carbons (Fsp3) is 0.250. The van der Waals surface area contributed by atoms with Crippen LogP contribution < -0.4 is 10.9 Å². The van der Waals surface area contributed by atoms with Gasteiger partial charge >= 0.3 is 0 Å². The summed E-state index contributed by atoms with van der Waals surface area (Å²) in [6.45, 7) is 0. The molecule has 0 aliphatic heterocycles. The zero-order valence-electron chi connectivity index (χ0n) is 9.12. The van der Waals surface area contributed by atoms with Crippen LogP contribution in [0.5, 0.6) is 0 Å². The summed E-state index contributed by atoms with van der Waals surface area (Å²) < 4.78 is 1.28. The monoisotopic (exact) mass is 234 g/mol. The van der Waals surface area contributed by atoms with Crippen LogP contribution in [0.15, 0.2) is 29.6 Å². The van der Waals surface area contributed by atoms with Crippen LogP contribution in [0.1, 0.15) is 12.0 Å². The van der Waals surface area contributed by atoms with Crippen molar-refractivity contribution in [1.29, 1.82) is 0 Å². The first-order valence-electron chi connectivity index (χ1n) is 5.22. The van der Waals surface area contributed by atoms with Gasteiger partial charge in [-0.05, 0) is 28.8 Å². The molecule has 0 saturated carbocycles. The van der Waals surface area contributed by atoms with E-state index in [1.54, 1.807) is 18.4 Å². The summed E-state index contributed by atoms with van der Waals surface area (Å²) in [5, 5.41) is 3.40. The molecule has 0 radical (unpaired) electrons. The van der Waals surface area contributed by atoms with E-state index in [4.69, 9.17) is 0 Å². The lowest BCUT2D eigenvalue weighted by molar-refractivity contribution is -0.121. The van der Waals surface area contributed by atoms with Gasteiger partial charge in [0.1, 0.15) is 0 Å². The zero-order chi connectivity index (χ0) is 11.4. The van der Waals surface area contributed by atoms with Crippen LogP contribution in [0.3, 0.4) is 0 Å². The number of carbonyl (C=O) groups is 1. The number of aryl methyl sites for hydroxylation is 1. The van der Waals surface area contributed by atoms with E-state index in [1.165, 1.54) is 15.6 Å². The van der Waals surface area contributed by atoms with E-state index in [9.17, 15) is 4.79 Å². The minimum atomic E-state index is 0.0257. The molecule has 4 heteroatoms. The Morgan fingerprint density at radius 3 is 3.00 bits per heavy atom. The van der Waals surface area contributed by atoms with Crippen LogP contribution in [-0.4, -0.2) is 13.0 Å². The maximum atomic E-state index is 11.3. The van der Waals surface area contributed by atoms with Gasteiger partial charge in [-0.2, -0.15) is 0 Å². The lowest BCUT2D eigenvalue weighted by Gasteiger charge is -2.02. The highest BCUT2D eigenvalue weighted by atomic mass is 32.1. The fourth-order valence-electron chi connectivity index (χ4n) is 1.68. The Morgan fingerprint density at radius 1 is 1.38 bits per heavy atom. The molecule has 0 bridgehead atoms. The molecule has 0 saturated heterocycles. The molecule has 1 heterocycles. The van der Waals surface area contributed by atoms with Gasteiger partial charge in [0.15, 0.2) is 0 Å². The number of hydrogen-bond donors (Lipinski definition) is 2. The van der Waals surface area contributed by atoms with Crippen molar-refractivity contribution >= 4 is 27.3 Å². The minimum Gasteiger partial charge on any atom is -0.292 e. The van der Waals surface area contributed by atoms with Gasteiger partial charge in [-0.3, -0.25) is 10.2 Å². The zero-order valence-corrected chi connectivity index (χ0v) is 9.93. The third kappa shape index (κ3) is 2.40. The van der Waals surface area contributed by atoms with Gasteiger partial charge in [0.2, 0.25) is 5.91 Å². The molecule has 1 amide bonds. The molecule has 1 aromatic heterocycles. The number of fused-ring (bicyclic) bond motifs is 1. The number of amides is 1. The number of rotatable bonds is 4. The predicted molar refractivity (Wildman–Crippen MR) is 67.3 cm³/mol. The van der Waals surface area contributed by atoms with E-state index in [0.717, 1.165) is 6.42 Å². The first-order chi connectivity index (χ1) is 7.81. The van der Waals surface area contributed by atoms with Crippen LogP contribution >= 0.6 is 11.3 Å². The van der Waals surface area contributed by atoms with Crippen molar-refractivity contribution in [3.63, 3.8) is 0 Å². The predicted octanol–water partition coefficient (Wildman–Crippen LogP) is 2.08. The Balaban J connectivity index is 2.07. The van der Waals surface area contributed by atoms with Gasteiger partial charge in [-0.1, -0.05) is 18.2 Å². The van der Waals surface area contributed by atoms with Gasteiger partial charge in [-0.25, -0.2) is 5.43 Å². The Kier molecular flexibility index (Phi) is 3.54. The third-order valence-electron chi connectivity index (χ3n) is 2.45. The van der Waals surface area contributed by atoms with Crippen molar-refractivity contribution in [2.45, 2.75) is 12.8 Å². The Labute approximate surface area is 98.4 Å². The molecule has 2 aromatic rings. The highest BCUT2D eigenvalue weighted by molar-refractivity contribution is 7.17. The van der Waals surface area contributed by atoms with Crippen LogP contribution in [0.25, 0.3) is 10.1 Å². The molecule has 2 N–H and O–H groups in total. The summed E-state index contributed by atoms with van der Waals surface area (Å²) in [6.07, 6.45) is 1.30. The maximum absolute atomic E-state index is 11.3. The highest BCUT2D eigenvalue weighted by Gasteiger charge is 2.05. The number of hydrogen-bond acceptors (Lipinski definition) is 3. The van der Waals surface area contributed by atoms with E-state index in [-0.39, 0.29) is 5.91 Å². The normalized spacial score (nSPS) is 10.6. The topological polar surface area (TPSA) is 41.1 Å². The van der Waals surface area contributed by atoms with Crippen molar-refractivity contribution in [1.82, 2.24) is 10.9 Å². The fourth-order valence-corrected chi connectivity index (χ4v) is 2.67. The largest absolute Gasteiger partial charge is 0.292 e. The van der Waals surface area contributed by atoms with E-state index in [1.807, 2.05) is 12.1 Å². The molecular formula is C12H14N2OS. The van der Waals surface area contributed by atoms with E-state index >= 15 is 0 Å². The van der Waals surface area contributed by atoms with Gasteiger partial charge < -0.3 is 0 Å². The van der Waals surface area contributed by atoms with Crippen molar-refractivity contribution in [3.05, 3.63) is 35.2 Å². The average molecular weight is 234 g/mol. The molecule has 2 rings (SSSR count). The molecular weight excluding hydrogens is 220 g/mol. The average Bonchev–Trinajstić information content (AvgIpc) is 2.70. The first kappa shape index (κ1) is 11.1. The molecule has 0 fully saturated rings. The van der Waals surface area contributed by atoms with Gasteiger partial charge in [-0.15, -0.1) is 11.3 Å². The molecule has 3 nitrogen and oxygen atoms in total. The van der Waals surface area contributed by atoms with Gasteiger partial charge in [0.25, 0.3) is 0 Å². The van der Waals surface area contributed by atoms with Crippen LogP contribution in [0, 0.1) is 0 Å². The molecule has 84 valence electrons. The van der Waals surface area contributed by atoms with Gasteiger partial charge in [0, 0.05) is 18.2 Å². The van der Waals surface area contributed by atoms with Crippen LogP contribution in [-0.2, 0) is 11.2 Å². The number of carbonyl (C=O) groups excluding carboxylic acids is 1. The second-order valence-corrected chi connectivity index (χ2v) is 4.47. The molecule has 16 heavy (non-hydrogen) atoms. The number of benzene rings is 1. The second kappa shape index (κ2) is 5.09. The highest BCUT2D eigenvalue weighted by Crippen LogP contribution is 2.26. The Bertz CT molecular complexity index is 492. The Hall–Kier alpha value is -1.39. The summed E-state index contributed by atoms with van der Waals surface area (Å²) in [6, 6.07) is 8.29. The van der Waals surface area contributed by atoms with E-state index in [0.29, 0.717) is 6.42 Å². The van der Waals surface area contributed by atoms with E-state index in [2.05, 4.69) is 28.4 Å². The number of nitrogens with one attached hydrogen (secondary N) is 2. The van der Waals surface area contributed by atoms with Crippen molar-refractivity contribution in [2.75, 3.05) is 7.05 Å². The lowest BCUT2D eigenvalue weighted by Crippen LogP contribution is -2.34. The van der Waals surface area contributed by atoms with Gasteiger partial charge in [0.05, 0.1) is 0 Å². The smallest absolute Gasteiger partial charge is 0.234 e. The maximum Gasteiger partial charge on any atom is 0.234 e. The summed E-state index contributed by atoms with van der Waals surface area (Å²) in [5.74, 6) is 0.0257. The molecule has 0 unspecified atom stereocenters. The van der Waals surface area contributed by atoms with Crippen molar-refractivity contribution in [3.8, 4) is 0 Å². The first-order valence-corrected chi connectivity index (χ1v) is 6.10. The Morgan fingerprint density at radius 2 is 2.19 bits per heavy atom. The molecule has 0 spiro atoms. The van der Waals surface area contributed by atoms with Crippen molar-refractivity contribution in [2.24, 2.45) is 0 Å². The van der Waals surface area contributed by atoms with Crippen LogP contribution in [0.4, 0.5) is 0 Å². The third-order valence-corrected chi connectivity index (χ3v) is 3.46. The number of hydrazine groups is 1. The molecule has 0 aliphatic rings. The molecule has 0 aliphatic carbocycles. The van der Waals surface area contributed by atoms with E-state index < -0.39 is 0 Å². The van der Waals surface area contributed by atoms with Crippen molar-refractivity contribution < 1.29 is 4.79 Å².